The average molecular weight is 282 g/mol. The first-order valence-electron chi connectivity index (χ1n) is 6.30. The van der Waals surface area contributed by atoms with Crippen molar-refractivity contribution in [2.24, 2.45) is 0 Å². The molecule has 0 bridgehead atoms. The molecule has 0 radical (unpaired) electrons. The summed E-state index contributed by atoms with van der Waals surface area (Å²) in [4.78, 5) is 12.8. The van der Waals surface area contributed by atoms with Gasteiger partial charge in [-0.15, -0.1) is 0 Å². The zero-order chi connectivity index (χ0) is 14.0. The molecule has 2 rings (SSSR count). The Labute approximate surface area is 116 Å². The molecule has 1 saturated heterocycles. The Morgan fingerprint density at radius 2 is 2.05 bits per heavy atom. The third-order valence-electron chi connectivity index (χ3n) is 3.18. The van der Waals surface area contributed by atoms with Crippen LogP contribution in [-0.4, -0.2) is 33.6 Å². The Morgan fingerprint density at radius 3 is 2.58 bits per heavy atom. The molecule has 0 amide bonds. The van der Waals surface area contributed by atoms with E-state index in [2.05, 4.69) is 18.7 Å². The third kappa shape index (κ3) is 3.19. The summed E-state index contributed by atoms with van der Waals surface area (Å²) in [5.74, 6) is 0. The number of nitro groups is 1. The number of anilines is 1. The van der Waals surface area contributed by atoms with E-state index in [1.165, 1.54) is 6.07 Å². The summed E-state index contributed by atoms with van der Waals surface area (Å²) >= 11 is 1.90. The summed E-state index contributed by atoms with van der Waals surface area (Å²) in [5, 5.41) is 21.2. The number of hydrogen-bond acceptors (Lipinski definition) is 5. The lowest BCUT2D eigenvalue weighted by Crippen LogP contribution is -2.40. The molecule has 1 N–H and O–H groups in total. The molecule has 1 heterocycles. The van der Waals surface area contributed by atoms with Crippen LogP contribution in [0.25, 0.3) is 0 Å². The Kier molecular flexibility index (Phi) is 4.31. The van der Waals surface area contributed by atoms with Crippen LogP contribution in [0.3, 0.4) is 0 Å². The van der Waals surface area contributed by atoms with Gasteiger partial charge in [-0.2, -0.15) is 11.8 Å². The number of thioether (sulfide) groups is 1. The molecule has 2 atom stereocenters. The van der Waals surface area contributed by atoms with Crippen molar-refractivity contribution in [1.29, 1.82) is 0 Å². The maximum atomic E-state index is 11.1. The van der Waals surface area contributed by atoms with E-state index in [4.69, 9.17) is 0 Å². The van der Waals surface area contributed by atoms with Crippen molar-refractivity contribution in [3.63, 3.8) is 0 Å². The van der Waals surface area contributed by atoms with Gasteiger partial charge in [0.05, 0.1) is 11.5 Å². The standard InChI is InChI=1S/C13H18N2O3S/c1-9-6-14(7-10(2)19-9)13-5-11(8-16)3-4-12(13)15(17)18/h3-5,9-10,16H,6-8H2,1-2H3. The lowest BCUT2D eigenvalue weighted by atomic mass is 10.1. The molecule has 0 aromatic heterocycles. The van der Waals surface area contributed by atoms with Crippen LogP contribution in [-0.2, 0) is 6.61 Å². The summed E-state index contributed by atoms with van der Waals surface area (Å²) in [6, 6.07) is 4.82. The second-order valence-corrected chi connectivity index (χ2v) is 6.78. The van der Waals surface area contributed by atoms with Gasteiger partial charge in [0.1, 0.15) is 5.69 Å². The quantitative estimate of drug-likeness (QED) is 0.681. The highest BCUT2D eigenvalue weighted by molar-refractivity contribution is 8.00. The van der Waals surface area contributed by atoms with E-state index >= 15 is 0 Å². The molecule has 19 heavy (non-hydrogen) atoms. The largest absolute Gasteiger partial charge is 0.392 e. The third-order valence-corrected chi connectivity index (χ3v) is 4.41. The molecular weight excluding hydrogens is 264 g/mol. The lowest BCUT2D eigenvalue weighted by Gasteiger charge is -2.36. The Morgan fingerprint density at radius 1 is 1.42 bits per heavy atom. The lowest BCUT2D eigenvalue weighted by molar-refractivity contribution is -0.384. The summed E-state index contributed by atoms with van der Waals surface area (Å²) in [6.45, 7) is 5.76. The summed E-state index contributed by atoms with van der Waals surface area (Å²) in [7, 11) is 0. The van der Waals surface area contributed by atoms with Gasteiger partial charge in [0, 0.05) is 29.7 Å². The van der Waals surface area contributed by atoms with Crippen LogP contribution >= 0.6 is 11.8 Å². The molecule has 104 valence electrons. The van der Waals surface area contributed by atoms with Gasteiger partial charge in [-0.3, -0.25) is 10.1 Å². The maximum absolute atomic E-state index is 11.1. The number of nitro benzene ring substituents is 1. The van der Waals surface area contributed by atoms with Crippen LogP contribution in [0, 0.1) is 10.1 Å². The zero-order valence-electron chi connectivity index (χ0n) is 11.1. The van der Waals surface area contributed by atoms with E-state index in [1.54, 1.807) is 12.1 Å². The normalized spacial score (nSPS) is 23.4. The minimum atomic E-state index is -0.354. The number of aliphatic hydroxyl groups is 1. The van der Waals surface area contributed by atoms with Gasteiger partial charge in [0.25, 0.3) is 5.69 Å². The number of nitrogens with zero attached hydrogens (tertiary/aromatic N) is 2. The van der Waals surface area contributed by atoms with Crippen molar-refractivity contribution >= 4 is 23.1 Å². The molecule has 2 unspecified atom stereocenters. The maximum Gasteiger partial charge on any atom is 0.292 e. The fourth-order valence-corrected chi connectivity index (χ4v) is 3.77. The summed E-state index contributed by atoms with van der Waals surface area (Å²) < 4.78 is 0. The Bertz CT molecular complexity index is 471. The van der Waals surface area contributed by atoms with Gasteiger partial charge < -0.3 is 10.0 Å². The molecule has 6 heteroatoms. The average Bonchev–Trinajstić information content (AvgIpc) is 2.36. The van der Waals surface area contributed by atoms with E-state index < -0.39 is 0 Å². The zero-order valence-corrected chi connectivity index (χ0v) is 11.9. The number of benzene rings is 1. The highest BCUT2D eigenvalue weighted by atomic mass is 32.2. The first kappa shape index (κ1) is 14.1. The molecule has 1 fully saturated rings. The number of rotatable bonds is 3. The Hall–Kier alpha value is -1.27. The first-order chi connectivity index (χ1) is 9.01. The monoisotopic (exact) mass is 282 g/mol. The molecule has 0 saturated carbocycles. The van der Waals surface area contributed by atoms with Gasteiger partial charge in [-0.1, -0.05) is 13.8 Å². The molecule has 1 aliphatic rings. The van der Waals surface area contributed by atoms with Crippen molar-refractivity contribution in [2.75, 3.05) is 18.0 Å². The van der Waals surface area contributed by atoms with E-state index in [0.717, 1.165) is 13.1 Å². The van der Waals surface area contributed by atoms with Crippen LogP contribution in [0.5, 0.6) is 0 Å². The Balaban J connectivity index is 2.38. The van der Waals surface area contributed by atoms with Crippen LogP contribution in [0.1, 0.15) is 19.4 Å². The highest BCUT2D eigenvalue weighted by Crippen LogP contribution is 2.34. The van der Waals surface area contributed by atoms with Gasteiger partial charge in [-0.05, 0) is 17.7 Å². The van der Waals surface area contributed by atoms with E-state index in [0.29, 0.717) is 21.8 Å². The van der Waals surface area contributed by atoms with Crippen LogP contribution < -0.4 is 4.90 Å². The van der Waals surface area contributed by atoms with Gasteiger partial charge in [0.2, 0.25) is 0 Å². The predicted octanol–water partition coefficient (Wildman–Crippen LogP) is 2.42. The summed E-state index contributed by atoms with van der Waals surface area (Å²) in [6.07, 6.45) is 0. The van der Waals surface area contributed by atoms with E-state index in [-0.39, 0.29) is 17.2 Å². The van der Waals surface area contributed by atoms with Crippen molar-refractivity contribution in [1.82, 2.24) is 0 Å². The van der Waals surface area contributed by atoms with Crippen molar-refractivity contribution < 1.29 is 10.0 Å². The van der Waals surface area contributed by atoms with E-state index in [1.807, 2.05) is 11.8 Å². The first-order valence-corrected chi connectivity index (χ1v) is 7.24. The number of aliphatic hydroxyl groups excluding tert-OH is 1. The second-order valence-electron chi connectivity index (χ2n) is 4.90. The smallest absolute Gasteiger partial charge is 0.292 e. The minimum absolute atomic E-state index is 0.0985. The SMILES string of the molecule is CC1CN(c2cc(CO)ccc2[N+](=O)[O-])CC(C)S1. The molecule has 1 aromatic carbocycles. The molecule has 1 aromatic rings. The number of hydrogen-bond donors (Lipinski definition) is 1. The highest BCUT2D eigenvalue weighted by Gasteiger charge is 2.27. The minimum Gasteiger partial charge on any atom is -0.392 e. The fourth-order valence-electron chi connectivity index (χ4n) is 2.45. The summed E-state index contributed by atoms with van der Waals surface area (Å²) in [5.41, 5.74) is 1.44. The second kappa shape index (κ2) is 5.79. The molecule has 0 spiro atoms. The van der Waals surface area contributed by atoms with Crippen LogP contribution in [0.4, 0.5) is 11.4 Å². The molecule has 1 aliphatic heterocycles. The van der Waals surface area contributed by atoms with Crippen molar-refractivity contribution in [2.45, 2.75) is 31.0 Å². The van der Waals surface area contributed by atoms with Gasteiger partial charge >= 0.3 is 0 Å². The van der Waals surface area contributed by atoms with Crippen molar-refractivity contribution in [3.05, 3.63) is 33.9 Å². The van der Waals surface area contributed by atoms with Gasteiger partial charge in [0.15, 0.2) is 0 Å². The molecule has 0 aliphatic carbocycles. The topological polar surface area (TPSA) is 66.6 Å². The predicted molar refractivity (Wildman–Crippen MR) is 77.7 cm³/mol. The van der Waals surface area contributed by atoms with Crippen molar-refractivity contribution in [3.8, 4) is 0 Å². The fraction of sp³-hybridized carbons (Fsp3) is 0.538. The van der Waals surface area contributed by atoms with E-state index in [9.17, 15) is 15.2 Å². The van der Waals surface area contributed by atoms with Crippen LogP contribution in [0.15, 0.2) is 18.2 Å². The van der Waals surface area contributed by atoms with Gasteiger partial charge in [-0.25, -0.2) is 0 Å². The molecular formula is C13H18N2O3S. The van der Waals surface area contributed by atoms with Crippen LogP contribution in [0.2, 0.25) is 0 Å². The molecule has 5 nitrogen and oxygen atoms in total.